The lowest BCUT2D eigenvalue weighted by atomic mass is 10.3. The Bertz CT molecular complexity index is 296. The zero-order valence-electron chi connectivity index (χ0n) is 7.56. The SMILES string of the molecule is NC(Cc1ncc[nH]1)NC(=O)CC=O. The van der Waals surface area contributed by atoms with Crippen molar-refractivity contribution < 1.29 is 9.59 Å². The predicted molar refractivity (Wildman–Crippen MR) is 49.1 cm³/mol. The molecule has 4 N–H and O–H groups in total. The lowest BCUT2D eigenvalue weighted by Crippen LogP contribution is -2.43. The van der Waals surface area contributed by atoms with Crippen molar-refractivity contribution in [3.8, 4) is 0 Å². The Balaban J connectivity index is 2.32. The molecule has 1 rings (SSSR count). The first kappa shape index (κ1) is 10.4. The van der Waals surface area contributed by atoms with Crippen molar-refractivity contribution in [2.45, 2.75) is 19.0 Å². The van der Waals surface area contributed by atoms with E-state index in [1.54, 1.807) is 12.4 Å². The molecule has 0 aromatic carbocycles. The number of H-pyrrole nitrogens is 1. The van der Waals surface area contributed by atoms with Crippen LogP contribution in [0.4, 0.5) is 0 Å². The number of carbonyl (C=O) groups excluding carboxylic acids is 2. The van der Waals surface area contributed by atoms with Gasteiger partial charge in [-0.05, 0) is 0 Å². The highest BCUT2D eigenvalue weighted by atomic mass is 16.2. The maximum absolute atomic E-state index is 10.9. The van der Waals surface area contributed by atoms with Gasteiger partial charge in [0.15, 0.2) is 0 Å². The highest BCUT2D eigenvalue weighted by molar-refractivity contribution is 5.88. The van der Waals surface area contributed by atoms with E-state index < -0.39 is 6.17 Å². The summed E-state index contributed by atoms with van der Waals surface area (Å²) in [6.07, 6.45) is 3.55. The van der Waals surface area contributed by atoms with Gasteiger partial charge in [-0.2, -0.15) is 0 Å². The van der Waals surface area contributed by atoms with Crippen LogP contribution in [0.15, 0.2) is 12.4 Å². The van der Waals surface area contributed by atoms with E-state index in [1.807, 2.05) is 0 Å². The molecule has 1 heterocycles. The van der Waals surface area contributed by atoms with Crippen molar-refractivity contribution in [2.75, 3.05) is 0 Å². The molecule has 0 aliphatic heterocycles. The van der Waals surface area contributed by atoms with Gasteiger partial charge in [-0.25, -0.2) is 4.98 Å². The summed E-state index contributed by atoms with van der Waals surface area (Å²) in [6.45, 7) is 0. The Morgan fingerprint density at radius 1 is 1.79 bits per heavy atom. The van der Waals surface area contributed by atoms with E-state index in [4.69, 9.17) is 5.73 Å². The number of nitrogens with one attached hydrogen (secondary N) is 2. The Hall–Kier alpha value is -1.69. The fourth-order valence-electron chi connectivity index (χ4n) is 1.01. The predicted octanol–water partition coefficient (Wildman–Crippen LogP) is -1.06. The van der Waals surface area contributed by atoms with Gasteiger partial charge in [0.05, 0.1) is 12.6 Å². The maximum Gasteiger partial charge on any atom is 0.228 e. The Morgan fingerprint density at radius 3 is 3.14 bits per heavy atom. The lowest BCUT2D eigenvalue weighted by molar-refractivity contribution is -0.124. The minimum Gasteiger partial charge on any atom is -0.348 e. The van der Waals surface area contributed by atoms with Crippen LogP contribution in [0.2, 0.25) is 0 Å². The number of hydrogen-bond donors (Lipinski definition) is 3. The quantitative estimate of drug-likeness (QED) is 0.317. The number of aromatic nitrogens is 2. The van der Waals surface area contributed by atoms with E-state index in [0.717, 1.165) is 0 Å². The van der Waals surface area contributed by atoms with E-state index in [9.17, 15) is 9.59 Å². The van der Waals surface area contributed by atoms with Gasteiger partial charge in [0.1, 0.15) is 12.1 Å². The first-order valence-corrected chi connectivity index (χ1v) is 4.19. The molecule has 1 aromatic heterocycles. The first-order chi connectivity index (χ1) is 6.72. The molecule has 76 valence electrons. The molecule has 0 radical (unpaired) electrons. The summed E-state index contributed by atoms with van der Waals surface area (Å²) in [6, 6.07) is 0. The molecule has 0 bridgehead atoms. The third kappa shape index (κ3) is 3.36. The molecule has 6 nitrogen and oxygen atoms in total. The van der Waals surface area contributed by atoms with E-state index in [2.05, 4.69) is 15.3 Å². The second-order valence-electron chi connectivity index (χ2n) is 2.78. The van der Waals surface area contributed by atoms with E-state index in [1.165, 1.54) is 0 Å². The minimum absolute atomic E-state index is 0.161. The van der Waals surface area contributed by atoms with Crippen molar-refractivity contribution in [2.24, 2.45) is 5.73 Å². The average Bonchev–Trinajstić information content (AvgIpc) is 2.56. The smallest absolute Gasteiger partial charge is 0.228 e. The summed E-state index contributed by atoms with van der Waals surface area (Å²) in [5.41, 5.74) is 5.59. The van der Waals surface area contributed by atoms with E-state index in [0.29, 0.717) is 18.5 Å². The first-order valence-electron chi connectivity index (χ1n) is 4.19. The maximum atomic E-state index is 10.9. The van der Waals surface area contributed by atoms with Crippen LogP contribution in [0.25, 0.3) is 0 Å². The molecule has 1 unspecified atom stereocenters. The summed E-state index contributed by atoms with van der Waals surface area (Å²) in [5, 5.41) is 2.47. The van der Waals surface area contributed by atoms with Crippen LogP contribution in [-0.2, 0) is 16.0 Å². The second kappa shape index (κ2) is 5.13. The average molecular weight is 196 g/mol. The summed E-state index contributed by atoms with van der Waals surface area (Å²) in [7, 11) is 0. The third-order valence-corrected chi connectivity index (χ3v) is 1.58. The van der Waals surface area contributed by atoms with Gasteiger partial charge >= 0.3 is 0 Å². The van der Waals surface area contributed by atoms with Gasteiger partial charge in [-0.1, -0.05) is 0 Å². The fraction of sp³-hybridized carbons (Fsp3) is 0.375. The fourth-order valence-corrected chi connectivity index (χ4v) is 1.01. The Morgan fingerprint density at radius 2 is 2.57 bits per heavy atom. The standard InChI is InChI=1S/C8H12N4O2/c9-6(12-8(14)1-4-13)5-7-10-2-3-11-7/h2-4,6H,1,5,9H2,(H,10,11)(H,12,14). The monoisotopic (exact) mass is 196 g/mol. The van der Waals surface area contributed by atoms with Crippen LogP contribution >= 0.6 is 0 Å². The van der Waals surface area contributed by atoms with Gasteiger partial charge in [-0.15, -0.1) is 0 Å². The molecule has 0 saturated heterocycles. The van der Waals surface area contributed by atoms with Crippen molar-refractivity contribution >= 4 is 12.2 Å². The van der Waals surface area contributed by atoms with Crippen LogP contribution in [0.5, 0.6) is 0 Å². The minimum atomic E-state index is -0.520. The highest BCUT2D eigenvalue weighted by Crippen LogP contribution is 1.91. The third-order valence-electron chi connectivity index (χ3n) is 1.58. The van der Waals surface area contributed by atoms with Crippen molar-refractivity contribution in [1.82, 2.24) is 15.3 Å². The number of rotatable bonds is 5. The zero-order chi connectivity index (χ0) is 10.4. The molecule has 0 spiro atoms. The second-order valence-corrected chi connectivity index (χ2v) is 2.78. The Kier molecular flexibility index (Phi) is 3.81. The number of amides is 1. The number of aldehydes is 1. The zero-order valence-corrected chi connectivity index (χ0v) is 7.56. The number of hydrogen-bond acceptors (Lipinski definition) is 4. The van der Waals surface area contributed by atoms with Crippen LogP contribution < -0.4 is 11.1 Å². The number of nitrogens with two attached hydrogens (primary N) is 1. The van der Waals surface area contributed by atoms with Crippen LogP contribution in [0.3, 0.4) is 0 Å². The van der Waals surface area contributed by atoms with Gasteiger partial charge in [0.25, 0.3) is 0 Å². The molecule has 0 aliphatic carbocycles. The number of carbonyl (C=O) groups is 2. The molecule has 0 saturated carbocycles. The summed E-state index contributed by atoms with van der Waals surface area (Å²) < 4.78 is 0. The highest BCUT2D eigenvalue weighted by Gasteiger charge is 2.08. The van der Waals surface area contributed by atoms with E-state index >= 15 is 0 Å². The molecule has 1 atom stereocenters. The molecule has 1 amide bonds. The largest absolute Gasteiger partial charge is 0.348 e. The number of nitrogens with zero attached hydrogens (tertiary/aromatic N) is 1. The van der Waals surface area contributed by atoms with E-state index in [-0.39, 0.29) is 12.3 Å². The number of imidazole rings is 1. The van der Waals surface area contributed by atoms with Gasteiger partial charge in [0, 0.05) is 18.8 Å². The van der Waals surface area contributed by atoms with Gasteiger partial charge in [-0.3, -0.25) is 4.79 Å². The molecule has 0 fully saturated rings. The molecule has 0 aliphatic rings. The normalized spacial score (nSPS) is 12.1. The summed E-state index contributed by atoms with van der Waals surface area (Å²) in [5.74, 6) is 0.322. The van der Waals surface area contributed by atoms with Crippen LogP contribution in [-0.4, -0.2) is 28.3 Å². The molecular weight excluding hydrogens is 184 g/mol. The topological polar surface area (TPSA) is 101 Å². The Labute approximate surface area is 80.9 Å². The van der Waals surface area contributed by atoms with Crippen molar-refractivity contribution in [3.63, 3.8) is 0 Å². The molecule has 1 aromatic rings. The van der Waals surface area contributed by atoms with Crippen LogP contribution in [0.1, 0.15) is 12.2 Å². The molecule has 6 heteroatoms. The summed E-state index contributed by atoms with van der Waals surface area (Å²) in [4.78, 5) is 27.7. The van der Waals surface area contributed by atoms with Gasteiger partial charge < -0.3 is 20.8 Å². The summed E-state index contributed by atoms with van der Waals surface area (Å²) >= 11 is 0. The van der Waals surface area contributed by atoms with Crippen molar-refractivity contribution in [3.05, 3.63) is 18.2 Å². The van der Waals surface area contributed by atoms with Crippen LogP contribution in [0, 0.1) is 0 Å². The number of aromatic amines is 1. The van der Waals surface area contributed by atoms with Gasteiger partial charge in [0.2, 0.25) is 5.91 Å². The van der Waals surface area contributed by atoms with Crippen molar-refractivity contribution in [1.29, 1.82) is 0 Å². The lowest BCUT2D eigenvalue weighted by Gasteiger charge is -2.10. The molecular formula is C8H12N4O2. The molecule has 14 heavy (non-hydrogen) atoms.